The van der Waals surface area contributed by atoms with Gasteiger partial charge in [-0.3, -0.25) is 0 Å². The van der Waals surface area contributed by atoms with E-state index in [9.17, 15) is 13.2 Å². The normalized spacial score (nSPS) is 28.7. The topological polar surface area (TPSA) is 0 Å². The van der Waals surface area contributed by atoms with E-state index in [1.54, 1.807) is 6.08 Å². The maximum absolute atomic E-state index is 13.2. The molecule has 0 unspecified atom stereocenters. The molecule has 27 heavy (non-hydrogen) atoms. The third-order valence-electron chi connectivity index (χ3n) is 6.60. The quantitative estimate of drug-likeness (QED) is 0.393. The van der Waals surface area contributed by atoms with Gasteiger partial charge < -0.3 is 0 Å². The summed E-state index contributed by atoms with van der Waals surface area (Å²) in [5.74, 6) is 4.98. The van der Waals surface area contributed by atoms with Crippen LogP contribution in [0.25, 0.3) is 0 Å². The Balaban J connectivity index is 1.46. The molecule has 1 aromatic carbocycles. The van der Waals surface area contributed by atoms with Gasteiger partial charge in [0.2, 0.25) is 0 Å². The fraction of sp³-hybridized carbons (Fsp3) is 0.583. The molecule has 3 heteroatoms. The van der Waals surface area contributed by atoms with E-state index in [0.29, 0.717) is 5.92 Å². The molecule has 0 spiro atoms. The van der Waals surface area contributed by atoms with Crippen LogP contribution in [0.4, 0.5) is 13.2 Å². The Bertz CT molecular complexity index is 686. The number of benzene rings is 1. The highest BCUT2D eigenvalue weighted by molar-refractivity contribution is 5.37. The lowest BCUT2D eigenvalue weighted by molar-refractivity contribution is 0.154. The predicted octanol–water partition coefficient (Wildman–Crippen LogP) is 7.03. The molecule has 2 aliphatic rings. The molecule has 0 bridgehead atoms. The van der Waals surface area contributed by atoms with Crippen molar-refractivity contribution in [3.63, 3.8) is 0 Å². The van der Waals surface area contributed by atoms with Gasteiger partial charge in [0, 0.05) is 5.56 Å². The van der Waals surface area contributed by atoms with Gasteiger partial charge in [-0.1, -0.05) is 44.1 Å². The van der Waals surface area contributed by atoms with Crippen LogP contribution in [0.5, 0.6) is 0 Å². The van der Waals surface area contributed by atoms with E-state index in [1.807, 2.05) is 0 Å². The zero-order valence-electron chi connectivity index (χ0n) is 16.1. The minimum absolute atomic E-state index is 0.155. The van der Waals surface area contributed by atoms with Gasteiger partial charge in [0.25, 0.3) is 0 Å². The molecule has 0 nitrogen and oxygen atoms in total. The van der Waals surface area contributed by atoms with Gasteiger partial charge in [-0.15, -0.1) is 0 Å². The van der Waals surface area contributed by atoms with E-state index >= 15 is 0 Å². The van der Waals surface area contributed by atoms with Crippen molar-refractivity contribution in [3.8, 4) is 11.8 Å². The first-order chi connectivity index (χ1) is 13.1. The molecule has 2 aliphatic carbocycles. The maximum Gasteiger partial charge on any atom is 0.194 e. The average molecular weight is 374 g/mol. The van der Waals surface area contributed by atoms with Gasteiger partial charge in [-0.05, 0) is 80.4 Å². The van der Waals surface area contributed by atoms with Crippen molar-refractivity contribution < 1.29 is 13.2 Å². The van der Waals surface area contributed by atoms with Crippen molar-refractivity contribution in [3.05, 3.63) is 47.3 Å². The second kappa shape index (κ2) is 9.49. The first-order valence-electron chi connectivity index (χ1n) is 10.4. The molecule has 0 radical (unpaired) electrons. The van der Waals surface area contributed by atoms with Gasteiger partial charge in [-0.25, -0.2) is 13.2 Å². The van der Waals surface area contributed by atoms with Crippen molar-refractivity contribution >= 4 is 0 Å². The molecule has 2 saturated carbocycles. The highest BCUT2D eigenvalue weighted by atomic mass is 19.2. The standard InChI is InChI=1S/C24H29F3/c1-2-17-7-11-20(12-8-17)21-13-9-18(10-14-21)5-3-4-6-19-15-22(25)24(27)23(26)16-19/h3,5,15-18,20-21H,2,7-14H2,1H3/b5-3+/t17-,18?,20-,21?. The summed E-state index contributed by atoms with van der Waals surface area (Å²) in [6, 6.07) is 1.86. The van der Waals surface area contributed by atoms with Crippen LogP contribution in [0.1, 0.15) is 70.3 Å². The molecule has 0 aliphatic heterocycles. The summed E-state index contributed by atoms with van der Waals surface area (Å²) in [5, 5.41) is 0. The van der Waals surface area contributed by atoms with E-state index < -0.39 is 17.5 Å². The summed E-state index contributed by atoms with van der Waals surface area (Å²) in [5.41, 5.74) is 0.155. The Kier molecular flexibility index (Phi) is 7.05. The van der Waals surface area contributed by atoms with Crippen LogP contribution >= 0.6 is 0 Å². The average Bonchev–Trinajstić information content (AvgIpc) is 2.70. The van der Waals surface area contributed by atoms with E-state index in [-0.39, 0.29) is 5.56 Å². The molecule has 2 fully saturated rings. The minimum Gasteiger partial charge on any atom is -0.204 e. The van der Waals surface area contributed by atoms with Crippen LogP contribution in [0.2, 0.25) is 0 Å². The van der Waals surface area contributed by atoms with Crippen molar-refractivity contribution in [1.29, 1.82) is 0 Å². The molecule has 0 saturated heterocycles. The SMILES string of the molecule is CC[C@H]1CC[C@H](C2CCC(/C=C/C#Cc3cc(F)c(F)c(F)c3)CC2)CC1. The highest BCUT2D eigenvalue weighted by Crippen LogP contribution is 2.42. The number of rotatable bonds is 3. The van der Waals surface area contributed by atoms with E-state index in [2.05, 4.69) is 24.8 Å². The van der Waals surface area contributed by atoms with Gasteiger partial charge in [0.05, 0.1) is 0 Å². The molecular weight excluding hydrogens is 345 g/mol. The fourth-order valence-electron chi connectivity index (χ4n) is 4.81. The van der Waals surface area contributed by atoms with Crippen molar-refractivity contribution in [2.75, 3.05) is 0 Å². The Labute approximate surface area is 161 Å². The third kappa shape index (κ3) is 5.41. The van der Waals surface area contributed by atoms with Crippen LogP contribution in [-0.4, -0.2) is 0 Å². The maximum atomic E-state index is 13.2. The lowest BCUT2D eigenvalue weighted by Gasteiger charge is -2.37. The van der Waals surface area contributed by atoms with Crippen molar-refractivity contribution in [2.24, 2.45) is 23.7 Å². The van der Waals surface area contributed by atoms with Crippen molar-refractivity contribution in [1.82, 2.24) is 0 Å². The van der Waals surface area contributed by atoms with Crippen LogP contribution < -0.4 is 0 Å². The van der Waals surface area contributed by atoms with Gasteiger partial charge in [0.15, 0.2) is 17.5 Å². The summed E-state index contributed by atoms with van der Waals surface area (Å²) < 4.78 is 39.3. The van der Waals surface area contributed by atoms with E-state index in [4.69, 9.17) is 0 Å². The largest absolute Gasteiger partial charge is 0.204 e. The molecule has 0 amide bonds. The number of halogens is 3. The predicted molar refractivity (Wildman–Crippen MR) is 104 cm³/mol. The van der Waals surface area contributed by atoms with Crippen LogP contribution in [0.3, 0.4) is 0 Å². The zero-order chi connectivity index (χ0) is 19.2. The molecular formula is C24H29F3. The second-order valence-corrected chi connectivity index (χ2v) is 8.25. The summed E-state index contributed by atoms with van der Waals surface area (Å²) >= 11 is 0. The molecule has 146 valence electrons. The van der Waals surface area contributed by atoms with Crippen LogP contribution in [-0.2, 0) is 0 Å². The summed E-state index contributed by atoms with van der Waals surface area (Å²) in [4.78, 5) is 0. The summed E-state index contributed by atoms with van der Waals surface area (Å²) in [6.07, 6.45) is 15.9. The van der Waals surface area contributed by atoms with Crippen LogP contribution in [0, 0.1) is 53.0 Å². The second-order valence-electron chi connectivity index (χ2n) is 8.25. The van der Waals surface area contributed by atoms with Gasteiger partial charge >= 0.3 is 0 Å². The van der Waals surface area contributed by atoms with Crippen LogP contribution in [0.15, 0.2) is 24.3 Å². The Hall–Kier alpha value is -1.69. The Morgan fingerprint density at radius 2 is 1.44 bits per heavy atom. The zero-order valence-corrected chi connectivity index (χ0v) is 16.1. The monoisotopic (exact) mass is 374 g/mol. The van der Waals surface area contributed by atoms with E-state index in [0.717, 1.165) is 29.9 Å². The first kappa shape index (κ1) is 20.1. The number of allylic oxidation sites excluding steroid dienone is 2. The number of hydrogen-bond donors (Lipinski definition) is 0. The third-order valence-corrected chi connectivity index (χ3v) is 6.60. The van der Waals surface area contributed by atoms with Gasteiger partial charge in [-0.2, -0.15) is 0 Å². The molecule has 0 atom stereocenters. The Morgan fingerprint density at radius 3 is 2.00 bits per heavy atom. The lowest BCUT2D eigenvalue weighted by Crippen LogP contribution is -2.25. The summed E-state index contributed by atoms with van der Waals surface area (Å²) in [7, 11) is 0. The smallest absolute Gasteiger partial charge is 0.194 e. The highest BCUT2D eigenvalue weighted by Gasteiger charge is 2.29. The molecule has 0 N–H and O–H groups in total. The first-order valence-corrected chi connectivity index (χ1v) is 10.4. The van der Waals surface area contributed by atoms with Gasteiger partial charge in [0.1, 0.15) is 0 Å². The fourth-order valence-corrected chi connectivity index (χ4v) is 4.81. The molecule has 3 rings (SSSR count). The lowest BCUT2D eigenvalue weighted by atomic mass is 9.69. The Morgan fingerprint density at radius 1 is 0.889 bits per heavy atom. The number of hydrogen-bond acceptors (Lipinski definition) is 0. The molecule has 0 heterocycles. The summed E-state index contributed by atoms with van der Waals surface area (Å²) in [6.45, 7) is 2.31. The van der Waals surface area contributed by atoms with Crippen molar-refractivity contribution in [2.45, 2.75) is 64.7 Å². The molecule has 1 aromatic rings. The minimum atomic E-state index is -1.45. The molecule has 0 aromatic heterocycles. The van der Waals surface area contributed by atoms with E-state index in [1.165, 1.54) is 57.8 Å².